The number of hydrogen-bond donors (Lipinski definition) is 3. The molecule has 2 atom stereocenters. The Bertz CT molecular complexity index is 1140. The summed E-state index contributed by atoms with van der Waals surface area (Å²) in [6, 6.07) is 9.70. The minimum atomic E-state index is -0.838. The van der Waals surface area contributed by atoms with Crippen LogP contribution in [-0.2, 0) is 4.79 Å². The minimum absolute atomic E-state index is 0.118. The van der Waals surface area contributed by atoms with Crippen LogP contribution in [0, 0.1) is 11.7 Å². The Morgan fingerprint density at radius 1 is 1.18 bits per heavy atom. The van der Waals surface area contributed by atoms with Crippen molar-refractivity contribution in [3.8, 4) is 16.3 Å². The molecule has 0 saturated carbocycles. The summed E-state index contributed by atoms with van der Waals surface area (Å²) in [4.78, 5) is 25.4. The van der Waals surface area contributed by atoms with Crippen LogP contribution in [0.15, 0.2) is 42.5 Å². The summed E-state index contributed by atoms with van der Waals surface area (Å²) in [5.41, 5.74) is 1.11. The molecular formula is C22H23ClFN5O3S. The van der Waals surface area contributed by atoms with E-state index in [1.165, 1.54) is 23.5 Å². The van der Waals surface area contributed by atoms with Crippen molar-refractivity contribution in [1.29, 1.82) is 0 Å². The van der Waals surface area contributed by atoms with Gasteiger partial charge in [-0.1, -0.05) is 55.3 Å². The molecule has 3 N–H and O–H groups in total. The highest BCUT2D eigenvalue weighted by atomic mass is 35.5. The largest absolute Gasteiger partial charge is 0.497 e. The standard InChI is InChI=1S/C22H23ClFN5O3S/c1-4-12(2)18(26-21(31)25-14-8-9-17(24)16(23)11-14)19(30)27-22-29-28-20(33-22)13-6-5-7-15(10-13)32-3/h5-12,18H,4H2,1-3H3,(H2,25,26,31)(H,27,29,30). The lowest BCUT2D eigenvalue weighted by Crippen LogP contribution is -2.49. The number of carbonyl (C=O) groups is 2. The molecule has 0 saturated heterocycles. The summed E-state index contributed by atoms with van der Waals surface area (Å²) in [6.07, 6.45) is 0.645. The minimum Gasteiger partial charge on any atom is -0.497 e. The third-order valence-electron chi connectivity index (χ3n) is 4.93. The summed E-state index contributed by atoms with van der Waals surface area (Å²) in [6.45, 7) is 3.76. The van der Waals surface area contributed by atoms with Gasteiger partial charge in [-0.3, -0.25) is 10.1 Å². The number of nitrogens with zero attached hydrogens (tertiary/aromatic N) is 2. The number of methoxy groups -OCH3 is 1. The predicted octanol–water partition coefficient (Wildman–Crippen LogP) is 5.18. The van der Waals surface area contributed by atoms with E-state index >= 15 is 0 Å². The van der Waals surface area contributed by atoms with Crippen LogP contribution in [0.5, 0.6) is 5.75 Å². The third-order valence-corrected chi connectivity index (χ3v) is 6.11. The van der Waals surface area contributed by atoms with Gasteiger partial charge in [0, 0.05) is 11.3 Å². The van der Waals surface area contributed by atoms with Crippen molar-refractivity contribution in [3.63, 3.8) is 0 Å². The lowest BCUT2D eigenvalue weighted by molar-refractivity contribution is -0.119. The number of anilines is 2. The first-order chi connectivity index (χ1) is 15.8. The van der Waals surface area contributed by atoms with Gasteiger partial charge in [-0.05, 0) is 36.2 Å². The Kier molecular flexibility index (Phi) is 8.18. The smallest absolute Gasteiger partial charge is 0.319 e. The van der Waals surface area contributed by atoms with Crippen molar-refractivity contribution >= 4 is 45.7 Å². The van der Waals surface area contributed by atoms with E-state index in [1.807, 2.05) is 38.1 Å². The second-order valence-electron chi connectivity index (χ2n) is 7.22. The van der Waals surface area contributed by atoms with E-state index in [0.717, 1.165) is 11.6 Å². The van der Waals surface area contributed by atoms with Crippen molar-refractivity contribution < 1.29 is 18.7 Å². The molecule has 1 aromatic heterocycles. The molecule has 33 heavy (non-hydrogen) atoms. The van der Waals surface area contributed by atoms with Gasteiger partial charge in [-0.2, -0.15) is 0 Å². The van der Waals surface area contributed by atoms with Crippen LogP contribution in [0.25, 0.3) is 10.6 Å². The summed E-state index contributed by atoms with van der Waals surface area (Å²) >= 11 is 6.96. The Balaban J connectivity index is 1.68. The lowest BCUT2D eigenvalue weighted by atomic mass is 9.98. The molecule has 8 nitrogen and oxygen atoms in total. The molecule has 0 aliphatic heterocycles. The molecule has 0 spiro atoms. The highest BCUT2D eigenvalue weighted by molar-refractivity contribution is 7.18. The topological polar surface area (TPSA) is 105 Å². The Morgan fingerprint density at radius 3 is 2.67 bits per heavy atom. The predicted molar refractivity (Wildman–Crippen MR) is 127 cm³/mol. The van der Waals surface area contributed by atoms with Crippen molar-refractivity contribution in [3.05, 3.63) is 53.3 Å². The van der Waals surface area contributed by atoms with Crippen molar-refractivity contribution in [2.24, 2.45) is 5.92 Å². The summed E-state index contributed by atoms with van der Waals surface area (Å²) < 4.78 is 18.6. The first-order valence-corrected chi connectivity index (χ1v) is 11.3. The van der Waals surface area contributed by atoms with Gasteiger partial charge in [0.05, 0.1) is 12.1 Å². The van der Waals surface area contributed by atoms with Crippen molar-refractivity contribution in [2.75, 3.05) is 17.7 Å². The van der Waals surface area contributed by atoms with Crippen molar-refractivity contribution in [1.82, 2.24) is 15.5 Å². The van der Waals surface area contributed by atoms with Gasteiger partial charge in [0.2, 0.25) is 11.0 Å². The number of amides is 3. The molecular weight excluding hydrogens is 469 g/mol. The number of hydrogen-bond acceptors (Lipinski definition) is 6. The summed E-state index contributed by atoms with van der Waals surface area (Å²) in [5.74, 6) is -0.504. The van der Waals surface area contributed by atoms with E-state index < -0.39 is 23.8 Å². The van der Waals surface area contributed by atoms with Gasteiger partial charge in [-0.15, -0.1) is 10.2 Å². The second kappa shape index (κ2) is 11.1. The van der Waals surface area contributed by atoms with Crippen LogP contribution < -0.4 is 20.7 Å². The van der Waals surface area contributed by atoms with Crippen LogP contribution in [0.4, 0.5) is 20.0 Å². The van der Waals surface area contributed by atoms with E-state index in [-0.39, 0.29) is 10.9 Å². The lowest BCUT2D eigenvalue weighted by Gasteiger charge is -2.23. The molecule has 0 bridgehead atoms. The number of ether oxygens (including phenoxy) is 1. The van der Waals surface area contributed by atoms with E-state index in [0.29, 0.717) is 28.0 Å². The number of rotatable bonds is 8. The number of benzene rings is 2. The maximum absolute atomic E-state index is 13.3. The highest BCUT2D eigenvalue weighted by Gasteiger charge is 2.27. The molecule has 3 aromatic rings. The zero-order chi connectivity index (χ0) is 24.0. The second-order valence-corrected chi connectivity index (χ2v) is 8.61. The fraction of sp³-hybridized carbons (Fsp3) is 0.273. The van der Waals surface area contributed by atoms with Crippen molar-refractivity contribution in [2.45, 2.75) is 26.3 Å². The third kappa shape index (κ3) is 6.39. The van der Waals surface area contributed by atoms with Gasteiger partial charge >= 0.3 is 6.03 Å². The van der Waals surface area contributed by atoms with Crippen LogP contribution in [0.3, 0.4) is 0 Å². The zero-order valence-electron chi connectivity index (χ0n) is 18.2. The molecule has 0 fully saturated rings. The van der Waals surface area contributed by atoms with Crippen LogP contribution in [-0.4, -0.2) is 35.3 Å². The highest BCUT2D eigenvalue weighted by Crippen LogP contribution is 2.29. The molecule has 0 aliphatic rings. The number of halogens is 2. The Hall–Kier alpha value is -3.24. The van der Waals surface area contributed by atoms with Gasteiger partial charge in [0.1, 0.15) is 22.6 Å². The normalized spacial score (nSPS) is 12.5. The molecule has 3 rings (SSSR count). The SMILES string of the molecule is CCC(C)C(NC(=O)Nc1ccc(F)c(Cl)c1)C(=O)Nc1nnc(-c2cccc(OC)c2)s1. The monoisotopic (exact) mass is 491 g/mol. The number of nitrogens with one attached hydrogen (secondary N) is 3. The first-order valence-electron chi connectivity index (χ1n) is 10.1. The molecule has 3 amide bonds. The number of urea groups is 1. The van der Waals surface area contributed by atoms with Gasteiger partial charge in [0.25, 0.3) is 0 Å². The molecule has 174 valence electrons. The fourth-order valence-corrected chi connectivity index (χ4v) is 3.84. The first kappa shape index (κ1) is 24.4. The quantitative estimate of drug-likeness (QED) is 0.402. The van der Waals surface area contributed by atoms with E-state index in [2.05, 4.69) is 26.1 Å². The maximum Gasteiger partial charge on any atom is 0.319 e. The summed E-state index contributed by atoms with van der Waals surface area (Å²) in [5, 5.41) is 16.9. The van der Waals surface area contributed by atoms with Gasteiger partial charge in [0.15, 0.2) is 0 Å². The molecule has 2 aromatic carbocycles. The van der Waals surface area contributed by atoms with Crippen LogP contribution in [0.2, 0.25) is 5.02 Å². The van der Waals surface area contributed by atoms with E-state index in [9.17, 15) is 14.0 Å². The molecule has 0 radical (unpaired) electrons. The molecule has 11 heteroatoms. The van der Waals surface area contributed by atoms with Crippen LogP contribution in [0.1, 0.15) is 20.3 Å². The molecule has 2 unspecified atom stereocenters. The average Bonchev–Trinajstić information content (AvgIpc) is 3.27. The zero-order valence-corrected chi connectivity index (χ0v) is 19.8. The van der Waals surface area contributed by atoms with Crippen LogP contribution >= 0.6 is 22.9 Å². The molecule has 1 heterocycles. The van der Waals surface area contributed by atoms with Gasteiger partial charge < -0.3 is 15.4 Å². The maximum atomic E-state index is 13.3. The number of aromatic nitrogens is 2. The van der Waals surface area contributed by atoms with E-state index in [4.69, 9.17) is 16.3 Å². The Labute approximate surface area is 199 Å². The summed E-state index contributed by atoms with van der Waals surface area (Å²) in [7, 11) is 1.58. The van der Waals surface area contributed by atoms with E-state index in [1.54, 1.807) is 7.11 Å². The molecule has 0 aliphatic carbocycles. The van der Waals surface area contributed by atoms with Gasteiger partial charge in [-0.25, -0.2) is 9.18 Å². The fourth-order valence-electron chi connectivity index (χ4n) is 2.91. The Morgan fingerprint density at radius 2 is 1.97 bits per heavy atom. The number of carbonyl (C=O) groups excluding carboxylic acids is 2. The average molecular weight is 492 g/mol.